The Bertz CT molecular complexity index is 812. The van der Waals surface area contributed by atoms with Crippen LogP contribution >= 0.6 is 0 Å². The Kier molecular flexibility index (Phi) is 5.63. The number of ether oxygens (including phenoxy) is 1. The fraction of sp³-hybridized carbons (Fsp3) is 0.174. The summed E-state index contributed by atoms with van der Waals surface area (Å²) in [7, 11) is 0. The average Bonchev–Trinajstić information content (AvgIpc) is 2.86. The van der Waals surface area contributed by atoms with E-state index in [2.05, 4.69) is 48.6 Å². The van der Waals surface area contributed by atoms with E-state index in [0.29, 0.717) is 6.61 Å². The topological polar surface area (TPSA) is 26.3 Å². The maximum Gasteiger partial charge on any atom is 0.331 e. The molecule has 126 valence electrons. The molecule has 0 bridgehead atoms. The highest BCUT2D eigenvalue weighted by Gasteiger charge is 2.12. The third-order valence-corrected chi connectivity index (χ3v) is 4.20. The van der Waals surface area contributed by atoms with Gasteiger partial charge in [-0.2, -0.15) is 0 Å². The van der Waals surface area contributed by atoms with Crippen LogP contribution in [0.15, 0.2) is 84.5 Å². The highest BCUT2D eigenvalue weighted by molar-refractivity contribution is 5.89. The fourth-order valence-electron chi connectivity index (χ4n) is 2.98. The Labute approximate surface area is 149 Å². The highest BCUT2D eigenvalue weighted by Crippen LogP contribution is 2.32. The third-order valence-electron chi connectivity index (χ3n) is 4.20. The Morgan fingerprint density at radius 1 is 0.920 bits per heavy atom. The SMILES string of the molecule is CCOC(=O)/C=C1/C=C(c2ccccc2)C=C(c2ccccc2)CC1. The molecule has 2 aromatic rings. The number of carbonyl (C=O) groups is 1. The molecule has 0 aromatic heterocycles. The summed E-state index contributed by atoms with van der Waals surface area (Å²) in [6.45, 7) is 2.22. The lowest BCUT2D eigenvalue weighted by molar-refractivity contribution is -0.137. The molecule has 0 heterocycles. The summed E-state index contributed by atoms with van der Waals surface area (Å²) in [6.07, 6.45) is 7.66. The first-order valence-corrected chi connectivity index (χ1v) is 8.66. The maximum absolute atomic E-state index is 11.9. The van der Waals surface area contributed by atoms with Gasteiger partial charge in [0.25, 0.3) is 0 Å². The summed E-state index contributed by atoms with van der Waals surface area (Å²) in [5.41, 5.74) is 5.77. The zero-order valence-electron chi connectivity index (χ0n) is 14.4. The molecule has 0 unspecified atom stereocenters. The van der Waals surface area contributed by atoms with Crippen molar-refractivity contribution in [1.29, 1.82) is 0 Å². The number of esters is 1. The van der Waals surface area contributed by atoms with Gasteiger partial charge in [-0.3, -0.25) is 0 Å². The Morgan fingerprint density at radius 2 is 1.56 bits per heavy atom. The lowest BCUT2D eigenvalue weighted by Gasteiger charge is -2.07. The predicted molar refractivity (Wildman–Crippen MR) is 103 cm³/mol. The minimum Gasteiger partial charge on any atom is -0.463 e. The van der Waals surface area contributed by atoms with Gasteiger partial charge in [-0.1, -0.05) is 72.8 Å². The number of carbonyl (C=O) groups excluding carboxylic acids is 1. The quantitative estimate of drug-likeness (QED) is 0.551. The van der Waals surface area contributed by atoms with E-state index >= 15 is 0 Å². The van der Waals surface area contributed by atoms with Crippen LogP contribution < -0.4 is 0 Å². The minimum absolute atomic E-state index is 0.274. The molecule has 0 aliphatic heterocycles. The smallest absolute Gasteiger partial charge is 0.331 e. The molecule has 2 heteroatoms. The van der Waals surface area contributed by atoms with Crippen molar-refractivity contribution in [2.75, 3.05) is 6.61 Å². The molecular weight excluding hydrogens is 308 g/mol. The van der Waals surface area contributed by atoms with Gasteiger partial charge in [0.15, 0.2) is 0 Å². The molecule has 0 fully saturated rings. The van der Waals surface area contributed by atoms with E-state index in [-0.39, 0.29) is 5.97 Å². The number of hydrogen-bond acceptors (Lipinski definition) is 2. The second-order valence-corrected chi connectivity index (χ2v) is 5.97. The van der Waals surface area contributed by atoms with Gasteiger partial charge in [0.1, 0.15) is 0 Å². The summed E-state index contributed by atoms with van der Waals surface area (Å²) in [5, 5.41) is 0. The van der Waals surface area contributed by atoms with Gasteiger partial charge in [-0.05, 0) is 47.6 Å². The summed E-state index contributed by atoms with van der Waals surface area (Å²) in [4.78, 5) is 11.9. The van der Waals surface area contributed by atoms with E-state index in [1.807, 2.05) is 31.2 Å². The van der Waals surface area contributed by atoms with Gasteiger partial charge >= 0.3 is 5.97 Å². The zero-order chi connectivity index (χ0) is 17.5. The van der Waals surface area contributed by atoms with Gasteiger partial charge in [0.05, 0.1) is 6.61 Å². The van der Waals surface area contributed by atoms with Gasteiger partial charge in [0, 0.05) is 6.08 Å². The first-order valence-electron chi connectivity index (χ1n) is 8.66. The molecule has 0 N–H and O–H groups in total. The zero-order valence-corrected chi connectivity index (χ0v) is 14.4. The van der Waals surface area contributed by atoms with Crippen LogP contribution in [0.4, 0.5) is 0 Å². The lowest BCUT2D eigenvalue weighted by atomic mass is 9.98. The second kappa shape index (κ2) is 8.29. The molecule has 1 aliphatic rings. The largest absolute Gasteiger partial charge is 0.463 e. The molecule has 2 nitrogen and oxygen atoms in total. The van der Waals surface area contributed by atoms with E-state index in [9.17, 15) is 4.79 Å². The van der Waals surface area contributed by atoms with Crippen molar-refractivity contribution in [2.45, 2.75) is 19.8 Å². The van der Waals surface area contributed by atoms with Crippen molar-refractivity contribution in [3.63, 3.8) is 0 Å². The van der Waals surface area contributed by atoms with Crippen molar-refractivity contribution in [3.05, 3.63) is 95.6 Å². The number of rotatable bonds is 4. The monoisotopic (exact) mass is 330 g/mol. The van der Waals surface area contributed by atoms with Crippen LogP contribution in [0.25, 0.3) is 11.1 Å². The first-order chi connectivity index (χ1) is 12.3. The molecule has 0 spiro atoms. The molecule has 0 amide bonds. The van der Waals surface area contributed by atoms with Crippen LogP contribution in [0.2, 0.25) is 0 Å². The summed E-state index contributed by atoms with van der Waals surface area (Å²) >= 11 is 0. The van der Waals surface area contributed by atoms with Crippen LogP contribution in [0.1, 0.15) is 30.9 Å². The Balaban J connectivity index is 2.00. The predicted octanol–water partition coefficient (Wildman–Crippen LogP) is 5.44. The fourth-order valence-corrected chi connectivity index (χ4v) is 2.98. The van der Waals surface area contributed by atoms with E-state index in [4.69, 9.17) is 4.74 Å². The molecule has 0 saturated carbocycles. The summed E-state index contributed by atoms with van der Waals surface area (Å²) in [6, 6.07) is 20.7. The van der Waals surface area contributed by atoms with Crippen molar-refractivity contribution in [1.82, 2.24) is 0 Å². The van der Waals surface area contributed by atoms with E-state index in [1.165, 1.54) is 11.1 Å². The van der Waals surface area contributed by atoms with Crippen LogP contribution in [0.3, 0.4) is 0 Å². The lowest BCUT2D eigenvalue weighted by Crippen LogP contribution is -2.00. The maximum atomic E-state index is 11.9. The van der Waals surface area contributed by atoms with E-state index in [0.717, 1.165) is 29.6 Å². The van der Waals surface area contributed by atoms with E-state index in [1.54, 1.807) is 6.08 Å². The van der Waals surface area contributed by atoms with Crippen LogP contribution in [0.5, 0.6) is 0 Å². The molecule has 25 heavy (non-hydrogen) atoms. The Hall–Kier alpha value is -2.87. The van der Waals surface area contributed by atoms with Crippen LogP contribution in [-0.2, 0) is 9.53 Å². The molecule has 1 aliphatic carbocycles. The van der Waals surface area contributed by atoms with Gasteiger partial charge in [-0.15, -0.1) is 0 Å². The van der Waals surface area contributed by atoms with Crippen molar-refractivity contribution >= 4 is 17.1 Å². The normalized spacial score (nSPS) is 16.0. The third kappa shape index (κ3) is 4.57. The summed E-state index contributed by atoms with van der Waals surface area (Å²) in [5.74, 6) is -0.274. The van der Waals surface area contributed by atoms with Crippen molar-refractivity contribution in [2.24, 2.45) is 0 Å². The van der Waals surface area contributed by atoms with Gasteiger partial charge in [-0.25, -0.2) is 4.79 Å². The standard InChI is InChI=1S/C23H22O2/c1-2-25-23(24)16-18-13-14-21(19-9-5-3-6-10-19)17-22(15-18)20-11-7-4-8-12-20/h3-12,15-17H,2,13-14H2,1H3/b18-16+. The van der Waals surface area contributed by atoms with Crippen molar-refractivity contribution < 1.29 is 9.53 Å². The number of allylic oxidation sites excluding steroid dienone is 5. The molecular formula is C23H22O2. The van der Waals surface area contributed by atoms with Crippen LogP contribution in [0, 0.1) is 0 Å². The summed E-state index contributed by atoms with van der Waals surface area (Å²) < 4.78 is 5.08. The minimum atomic E-state index is -0.274. The van der Waals surface area contributed by atoms with Gasteiger partial charge in [0.2, 0.25) is 0 Å². The average molecular weight is 330 g/mol. The second-order valence-electron chi connectivity index (χ2n) is 5.97. The molecule has 0 radical (unpaired) electrons. The highest BCUT2D eigenvalue weighted by atomic mass is 16.5. The molecule has 0 saturated heterocycles. The van der Waals surface area contributed by atoms with E-state index < -0.39 is 0 Å². The molecule has 3 rings (SSSR count). The number of benzene rings is 2. The molecule has 2 aromatic carbocycles. The molecule has 0 atom stereocenters. The van der Waals surface area contributed by atoms with Gasteiger partial charge < -0.3 is 4.74 Å². The van der Waals surface area contributed by atoms with Crippen molar-refractivity contribution in [3.8, 4) is 0 Å². The number of hydrogen-bond donors (Lipinski definition) is 0. The Morgan fingerprint density at radius 3 is 2.20 bits per heavy atom. The first kappa shape index (κ1) is 17.0. The van der Waals surface area contributed by atoms with Crippen LogP contribution in [-0.4, -0.2) is 12.6 Å².